The number of amides is 2. The van der Waals surface area contributed by atoms with Gasteiger partial charge in [0, 0.05) is 0 Å². The number of benzene rings is 1. The number of hydrogen-bond acceptors (Lipinski definition) is 6. The third kappa shape index (κ3) is 3.09. The molecule has 0 radical (unpaired) electrons. The maximum absolute atomic E-state index is 12.7. The molecular formula is C16H18N4O3S. The van der Waals surface area contributed by atoms with Crippen LogP contribution in [0, 0.1) is 13.8 Å². The number of nitrogens with one attached hydrogen (secondary N) is 1. The molecule has 0 spiro atoms. The first-order valence-corrected chi connectivity index (χ1v) is 8.29. The fraction of sp³-hybridized carbons (Fsp3) is 0.375. The number of anilines is 2. The average molecular weight is 346 g/mol. The Bertz CT molecular complexity index is 815. The Labute approximate surface area is 143 Å². The minimum Gasteiger partial charge on any atom is -0.476 e. The van der Waals surface area contributed by atoms with E-state index in [1.54, 1.807) is 20.8 Å². The van der Waals surface area contributed by atoms with Crippen LogP contribution in [-0.2, 0) is 9.59 Å². The summed E-state index contributed by atoms with van der Waals surface area (Å²) >= 11 is 1.28. The van der Waals surface area contributed by atoms with E-state index in [4.69, 9.17) is 4.74 Å². The van der Waals surface area contributed by atoms with E-state index in [2.05, 4.69) is 15.5 Å². The number of carbonyl (C=O) groups is 2. The van der Waals surface area contributed by atoms with Crippen LogP contribution in [0.2, 0.25) is 0 Å². The predicted octanol–water partition coefficient (Wildman–Crippen LogP) is 2.30. The number of aromatic nitrogens is 2. The molecule has 1 aromatic heterocycles. The van der Waals surface area contributed by atoms with Crippen LogP contribution >= 0.6 is 11.3 Å². The number of fused-ring (bicyclic) bond motifs is 1. The van der Waals surface area contributed by atoms with Gasteiger partial charge in [0.05, 0.1) is 5.69 Å². The fourth-order valence-corrected chi connectivity index (χ4v) is 3.09. The Kier molecular flexibility index (Phi) is 4.00. The van der Waals surface area contributed by atoms with E-state index < -0.39 is 5.60 Å². The standard InChI is InChI=1S/C16H18N4O3S/c1-9-5-6-12-11(7-9)20(14(22)16(3,4)23-12)8-13(21)17-15-19-18-10(2)24-15/h5-7H,8H2,1-4H3,(H,17,19,21). The number of aryl methyl sites for hydroxylation is 2. The van der Waals surface area contributed by atoms with E-state index in [0.717, 1.165) is 10.6 Å². The minimum absolute atomic E-state index is 0.110. The molecule has 0 aliphatic carbocycles. The zero-order valence-corrected chi connectivity index (χ0v) is 14.7. The number of nitrogens with zero attached hydrogens (tertiary/aromatic N) is 3. The van der Waals surface area contributed by atoms with Crippen LogP contribution in [0.4, 0.5) is 10.8 Å². The molecule has 24 heavy (non-hydrogen) atoms. The molecule has 2 aromatic rings. The molecule has 0 atom stereocenters. The van der Waals surface area contributed by atoms with Gasteiger partial charge in [-0.15, -0.1) is 10.2 Å². The molecule has 1 N–H and O–H groups in total. The van der Waals surface area contributed by atoms with Crippen molar-refractivity contribution in [2.45, 2.75) is 33.3 Å². The largest absolute Gasteiger partial charge is 0.476 e. The molecule has 0 saturated heterocycles. The topological polar surface area (TPSA) is 84.4 Å². The van der Waals surface area contributed by atoms with Crippen LogP contribution < -0.4 is 15.0 Å². The SMILES string of the molecule is Cc1ccc2c(c1)N(CC(=O)Nc1nnc(C)s1)C(=O)C(C)(C)O2. The van der Waals surface area contributed by atoms with Crippen molar-refractivity contribution in [1.29, 1.82) is 0 Å². The lowest BCUT2D eigenvalue weighted by Gasteiger charge is -2.38. The lowest BCUT2D eigenvalue weighted by atomic mass is 10.0. The highest BCUT2D eigenvalue weighted by atomic mass is 32.1. The van der Waals surface area contributed by atoms with Gasteiger partial charge in [0.1, 0.15) is 17.3 Å². The van der Waals surface area contributed by atoms with E-state index >= 15 is 0 Å². The molecule has 0 unspecified atom stereocenters. The molecule has 7 nitrogen and oxygen atoms in total. The highest BCUT2D eigenvalue weighted by Gasteiger charge is 2.41. The van der Waals surface area contributed by atoms with Crippen LogP contribution in [0.3, 0.4) is 0 Å². The van der Waals surface area contributed by atoms with Crippen LogP contribution in [-0.4, -0.2) is 34.2 Å². The summed E-state index contributed by atoms with van der Waals surface area (Å²) in [6.07, 6.45) is 0. The Balaban J connectivity index is 1.86. The molecule has 0 saturated carbocycles. The highest BCUT2D eigenvalue weighted by Crippen LogP contribution is 2.38. The summed E-state index contributed by atoms with van der Waals surface area (Å²) in [5.74, 6) is -0.00129. The summed E-state index contributed by atoms with van der Waals surface area (Å²) in [6.45, 7) is 7.00. The molecule has 1 aromatic carbocycles. The average Bonchev–Trinajstić information content (AvgIpc) is 2.89. The zero-order valence-electron chi connectivity index (χ0n) is 13.9. The Hall–Kier alpha value is -2.48. The van der Waals surface area contributed by atoms with E-state index in [9.17, 15) is 9.59 Å². The predicted molar refractivity (Wildman–Crippen MR) is 91.5 cm³/mol. The van der Waals surface area contributed by atoms with Crippen molar-refractivity contribution in [3.05, 3.63) is 28.8 Å². The van der Waals surface area contributed by atoms with Crippen LogP contribution in [0.15, 0.2) is 18.2 Å². The van der Waals surface area contributed by atoms with Gasteiger partial charge in [0.25, 0.3) is 5.91 Å². The van der Waals surface area contributed by atoms with Gasteiger partial charge >= 0.3 is 0 Å². The third-order valence-corrected chi connectivity index (χ3v) is 4.36. The van der Waals surface area contributed by atoms with Crippen LogP contribution in [0.5, 0.6) is 5.75 Å². The molecule has 0 fully saturated rings. The second-order valence-electron chi connectivity index (χ2n) is 6.15. The van der Waals surface area contributed by atoms with E-state index in [-0.39, 0.29) is 18.4 Å². The fourth-order valence-electron chi connectivity index (χ4n) is 2.48. The van der Waals surface area contributed by atoms with E-state index in [0.29, 0.717) is 16.6 Å². The molecule has 0 bridgehead atoms. The van der Waals surface area contributed by atoms with Gasteiger partial charge in [-0.25, -0.2) is 0 Å². The quantitative estimate of drug-likeness (QED) is 0.922. The van der Waals surface area contributed by atoms with Crippen molar-refractivity contribution >= 4 is 34.0 Å². The summed E-state index contributed by atoms with van der Waals surface area (Å²) in [7, 11) is 0. The van der Waals surface area contributed by atoms with Gasteiger partial charge in [-0.2, -0.15) is 0 Å². The lowest BCUT2D eigenvalue weighted by Crippen LogP contribution is -2.54. The Morgan fingerprint density at radius 2 is 2.08 bits per heavy atom. The van der Waals surface area contributed by atoms with Gasteiger partial charge < -0.3 is 4.74 Å². The van der Waals surface area contributed by atoms with Crippen molar-refractivity contribution in [2.24, 2.45) is 0 Å². The first-order valence-electron chi connectivity index (χ1n) is 7.48. The van der Waals surface area contributed by atoms with Crippen LogP contribution in [0.1, 0.15) is 24.4 Å². The second kappa shape index (κ2) is 5.86. The highest BCUT2D eigenvalue weighted by molar-refractivity contribution is 7.15. The number of rotatable bonds is 3. The van der Waals surface area contributed by atoms with Gasteiger partial charge in [-0.3, -0.25) is 19.8 Å². The molecule has 8 heteroatoms. The molecular weight excluding hydrogens is 328 g/mol. The maximum Gasteiger partial charge on any atom is 0.271 e. The van der Waals surface area contributed by atoms with Gasteiger partial charge in [0.15, 0.2) is 5.60 Å². The van der Waals surface area contributed by atoms with E-state index in [1.807, 2.05) is 25.1 Å². The monoisotopic (exact) mass is 346 g/mol. The van der Waals surface area contributed by atoms with Crippen molar-refractivity contribution in [3.63, 3.8) is 0 Å². The smallest absolute Gasteiger partial charge is 0.271 e. The van der Waals surface area contributed by atoms with Crippen molar-refractivity contribution in [2.75, 3.05) is 16.8 Å². The summed E-state index contributed by atoms with van der Waals surface area (Å²) in [5, 5.41) is 11.6. The minimum atomic E-state index is -1.03. The molecule has 1 aliphatic heterocycles. The lowest BCUT2D eigenvalue weighted by molar-refractivity contribution is -0.133. The molecule has 2 amide bonds. The number of hydrogen-bond donors (Lipinski definition) is 1. The normalized spacial score (nSPS) is 15.7. The Morgan fingerprint density at radius 3 is 2.75 bits per heavy atom. The molecule has 126 valence electrons. The second-order valence-corrected chi connectivity index (χ2v) is 7.33. The van der Waals surface area contributed by atoms with Gasteiger partial charge in [-0.1, -0.05) is 17.4 Å². The van der Waals surface area contributed by atoms with Gasteiger partial charge in [0.2, 0.25) is 11.0 Å². The third-order valence-electron chi connectivity index (χ3n) is 3.60. The van der Waals surface area contributed by atoms with Crippen molar-refractivity contribution < 1.29 is 14.3 Å². The van der Waals surface area contributed by atoms with Gasteiger partial charge in [-0.05, 0) is 45.4 Å². The summed E-state index contributed by atoms with van der Waals surface area (Å²) in [4.78, 5) is 26.5. The summed E-state index contributed by atoms with van der Waals surface area (Å²) < 4.78 is 5.78. The Morgan fingerprint density at radius 1 is 1.33 bits per heavy atom. The van der Waals surface area contributed by atoms with Crippen LogP contribution in [0.25, 0.3) is 0 Å². The first kappa shape index (κ1) is 16.4. The molecule has 1 aliphatic rings. The van der Waals surface area contributed by atoms with E-state index in [1.165, 1.54) is 16.2 Å². The number of carbonyl (C=O) groups excluding carboxylic acids is 2. The molecule has 3 rings (SSSR count). The summed E-state index contributed by atoms with van der Waals surface area (Å²) in [5.41, 5.74) is 0.555. The summed E-state index contributed by atoms with van der Waals surface area (Å²) in [6, 6.07) is 5.57. The van der Waals surface area contributed by atoms with Crippen molar-refractivity contribution in [1.82, 2.24) is 10.2 Å². The molecule has 2 heterocycles. The zero-order chi connectivity index (χ0) is 17.5. The first-order chi connectivity index (χ1) is 11.3. The van der Waals surface area contributed by atoms with Crippen molar-refractivity contribution in [3.8, 4) is 5.75 Å². The maximum atomic E-state index is 12.7. The number of ether oxygens (including phenoxy) is 1.